The first-order valence-electron chi connectivity index (χ1n) is 7.01. The maximum atomic E-state index is 13.8. The van der Waals surface area contributed by atoms with E-state index in [1.165, 1.54) is 6.08 Å². The highest BCUT2D eigenvalue weighted by atomic mass is 19.4. The van der Waals surface area contributed by atoms with Gasteiger partial charge in [0.25, 0.3) is 0 Å². The van der Waals surface area contributed by atoms with Crippen molar-refractivity contribution in [1.82, 2.24) is 0 Å². The predicted octanol–water partition coefficient (Wildman–Crippen LogP) is 6.07. The van der Waals surface area contributed by atoms with Crippen LogP contribution in [0.15, 0.2) is 60.1 Å². The van der Waals surface area contributed by atoms with Crippen LogP contribution in [0.2, 0.25) is 0 Å². The molecule has 0 unspecified atom stereocenters. The predicted molar refractivity (Wildman–Crippen MR) is 85.1 cm³/mol. The first-order chi connectivity index (χ1) is 11.6. The fourth-order valence-corrected chi connectivity index (χ4v) is 2.67. The lowest BCUT2D eigenvalue weighted by Gasteiger charge is -2.38. The summed E-state index contributed by atoms with van der Waals surface area (Å²) in [5.41, 5.74) is -5.43. The number of halogens is 6. The Morgan fingerprint density at radius 1 is 0.720 bits per heavy atom. The van der Waals surface area contributed by atoms with E-state index in [-0.39, 0.29) is 5.69 Å². The van der Waals surface area contributed by atoms with E-state index in [0.29, 0.717) is 5.56 Å². The summed E-state index contributed by atoms with van der Waals surface area (Å²) >= 11 is 0. The average molecular weight is 357 g/mol. The van der Waals surface area contributed by atoms with Crippen molar-refractivity contribution in [1.29, 1.82) is 0 Å². The lowest BCUT2D eigenvalue weighted by molar-refractivity contribution is -0.288. The van der Waals surface area contributed by atoms with Crippen LogP contribution in [0.5, 0.6) is 0 Å². The molecule has 0 aliphatic rings. The molecule has 2 aromatic rings. The zero-order valence-corrected chi connectivity index (χ0v) is 12.8. The van der Waals surface area contributed by atoms with Gasteiger partial charge < -0.3 is 0 Å². The minimum absolute atomic E-state index is 0.170. The molecule has 1 nitrogen and oxygen atoms in total. The molecular formula is C18H13F6N. The fourth-order valence-electron chi connectivity index (χ4n) is 2.67. The number of hydrogen-bond acceptors (Lipinski definition) is 1. The zero-order chi connectivity index (χ0) is 18.9. The standard InChI is InChI=1S/C18H13F6N/c1-3-12-4-6-13(7-5-12)16(17(19,20)21,18(22,23)24)14-8-10-15(25-2)11-9-14/h3-11H,1-2H2. The SMILES string of the molecule is C=Cc1ccc(C(c2ccc(N=C)cc2)(C(F)(F)F)C(F)(F)F)cc1. The van der Waals surface area contributed by atoms with Crippen molar-refractivity contribution in [3.8, 4) is 0 Å². The van der Waals surface area contributed by atoms with Crippen LogP contribution in [-0.4, -0.2) is 19.1 Å². The second kappa shape index (κ2) is 6.38. The highest BCUT2D eigenvalue weighted by Gasteiger charge is 2.72. The van der Waals surface area contributed by atoms with E-state index in [9.17, 15) is 26.3 Å². The highest BCUT2D eigenvalue weighted by Crippen LogP contribution is 2.56. The summed E-state index contributed by atoms with van der Waals surface area (Å²) < 4.78 is 83.0. The molecule has 0 aromatic heterocycles. The molecule has 0 aliphatic carbocycles. The van der Waals surface area contributed by atoms with Crippen molar-refractivity contribution in [3.05, 3.63) is 71.8 Å². The van der Waals surface area contributed by atoms with Crippen molar-refractivity contribution < 1.29 is 26.3 Å². The van der Waals surface area contributed by atoms with Gasteiger partial charge in [0, 0.05) is 0 Å². The van der Waals surface area contributed by atoms with Gasteiger partial charge in [0.2, 0.25) is 5.41 Å². The Morgan fingerprint density at radius 3 is 1.44 bits per heavy atom. The van der Waals surface area contributed by atoms with Crippen LogP contribution in [-0.2, 0) is 5.41 Å². The molecule has 0 bridgehead atoms. The molecule has 0 N–H and O–H groups in total. The molecule has 0 spiro atoms. The number of alkyl halides is 6. The van der Waals surface area contributed by atoms with Crippen LogP contribution in [0.1, 0.15) is 16.7 Å². The molecule has 0 heterocycles. The quantitative estimate of drug-likeness (QED) is 0.465. The molecule has 132 valence electrons. The second-order valence-electron chi connectivity index (χ2n) is 5.28. The number of benzene rings is 2. The van der Waals surface area contributed by atoms with Gasteiger partial charge >= 0.3 is 12.4 Å². The van der Waals surface area contributed by atoms with E-state index >= 15 is 0 Å². The van der Waals surface area contributed by atoms with Gasteiger partial charge in [-0.2, -0.15) is 26.3 Å². The van der Waals surface area contributed by atoms with Gasteiger partial charge in [-0.25, -0.2) is 0 Å². The summed E-state index contributed by atoms with van der Waals surface area (Å²) in [6.07, 6.45) is -9.88. The summed E-state index contributed by atoms with van der Waals surface area (Å²) in [7, 11) is 0. The molecule has 7 heteroatoms. The lowest BCUT2D eigenvalue weighted by atomic mass is 9.72. The van der Waals surface area contributed by atoms with Gasteiger partial charge in [-0.05, 0) is 35.5 Å². The zero-order valence-electron chi connectivity index (χ0n) is 12.8. The molecule has 0 amide bonds. The van der Waals surface area contributed by atoms with Crippen molar-refractivity contribution >= 4 is 18.5 Å². The maximum Gasteiger partial charge on any atom is 0.411 e. The largest absolute Gasteiger partial charge is 0.411 e. The van der Waals surface area contributed by atoms with E-state index in [0.717, 1.165) is 48.5 Å². The number of nitrogens with zero attached hydrogens (tertiary/aromatic N) is 1. The normalized spacial score (nSPS) is 12.7. The monoisotopic (exact) mass is 357 g/mol. The minimum atomic E-state index is -5.61. The van der Waals surface area contributed by atoms with E-state index < -0.39 is 28.9 Å². The Bertz CT molecular complexity index is 687. The number of aliphatic imine (C=N–C) groups is 1. The fraction of sp³-hybridized carbons (Fsp3) is 0.167. The summed E-state index contributed by atoms with van der Waals surface area (Å²) in [6, 6.07) is 7.62. The van der Waals surface area contributed by atoms with Gasteiger partial charge in [0.15, 0.2) is 0 Å². The average Bonchev–Trinajstić information content (AvgIpc) is 2.54. The molecule has 0 aliphatic heterocycles. The molecule has 2 rings (SSSR count). The van der Waals surface area contributed by atoms with Crippen LogP contribution in [0.4, 0.5) is 32.0 Å². The maximum absolute atomic E-state index is 13.8. The minimum Gasteiger partial charge on any atom is -0.265 e. The van der Waals surface area contributed by atoms with Gasteiger partial charge in [-0.3, -0.25) is 4.99 Å². The molecule has 25 heavy (non-hydrogen) atoms. The van der Waals surface area contributed by atoms with Crippen molar-refractivity contribution in [2.45, 2.75) is 17.8 Å². The summed E-state index contributed by atoms with van der Waals surface area (Å²) in [4.78, 5) is 3.49. The highest BCUT2D eigenvalue weighted by molar-refractivity contribution is 5.53. The molecule has 0 atom stereocenters. The van der Waals surface area contributed by atoms with Crippen molar-refractivity contribution in [3.63, 3.8) is 0 Å². The Kier molecular flexibility index (Phi) is 4.79. The van der Waals surface area contributed by atoms with Crippen LogP contribution in [0, 0.1) is 0 Å². The van der Waals surface area contributed by atoms with Crippen molar-refractivity contribution in [2.75, 3.05) is 0 Å². The Hall–Kier alpha value is -2.57. The van der Waals surface area contributed by atoms with Gasteiger partial charge in [-0.15, -0.1) is 0 Å². The number of hydrogen-bond donors (Lipinski definition) is 0. The van der Waals surface area contributed by atoms with Crippen LogP contribution in [0.3, 0.4) is 0 Å². The second-order valence-corrected chi connectivity index (χ2v) is 5.28. The smallest absolute Gasteiger partial charge is 0.265 e. The Morgan fingerprint density at radius 2 is 1.12 bits per heavy atom. The molecular weight excluding hydrogens is 344 g/mol. The van der Waals surface area contributed by atoms with E-state index in [1.54, 1.807) is 0 Å². The topological polar surface area (TPSA) is 12.4 Å². The lowest BCUT2D eigenvalue weighted by Crippen LogP contribution is -2.54. The van der Waals surface area contributed by atoms with Gasteiger partial charge in [0.05, 0.1) is 5.69 Å². The van der Waals surface area contributed by atoms with Crippen LogP contribution in [0.25, 0.3) is 6.08 Å². The molecule has 0 saturated heterocycles. The molecule has 0 saturated carbocycles. The van der Waals surface area contributed by atoms with Crippen LogP contribution >= 0.6 is 0 Å². The molecule has 0 radical (unpaired) electrons. The van der Waals surface area contributed by atoms with E-state index in [4.69, 9.17) is 0 Å². The summed E-state index contributed by atoms with van der Waals surface area (Å²) in [6.45, 7) is 6.63. The summed E-state index contributed by atoms with van der Waals surface area (Å²) in [5.74, 6) is 0. The van der Waals surface area contributed by atoms with Gasteiger partial charge in [-0.1, -0.05) is 49.1 Å². The van der Waals surface area contributed by atoms with Crippen LogP contribution < -0.4 is 0 Å². The molecule has 2 aromatic carbocycles. The third-order valence-corrected chi connectivity index (χ3v) is 3.91. The Labute approximate surface area is 140 Å². The van der Waals surface area contributed by atoms with Crippen molar-refractivity contribution in [2.24, 2.45) is 4.99 Å². The summed E-state index contributed by atoms with van der Waals surface area (Å²) in [5, 5.41) is 0. The van der Waals surface area contributed by atoms with E-state index in [1.807, 2.05) is 0 Å². The molecule has 0 fully saturated rings. The van der Waals surface area contributed by atoms with Gasteiger partial charge in [0.1, 0.15) is 0 Å². The Balaban J connectivity index is 2.84. The first kappa shape index (κ1) is 18.8. The van der Waals surface area contributed by atoms with E-state index in [2.05, 4.69) is 18.3 Å². The number of rotatable bonds is 4. The first-order valence-corrected chi connectivity index (χ1v) is 7.01. The third-order valence-electron chi connectivity index (χ3n) is 3.91. The third kappa shape index (κ3) is 3.06.